The first kappa shape index (κ1) is 11.4. The molecule has 0 radical (unpaired) electrons. The van der Waals surface area contributed by atoms with Crippen LogP contribution in [0, 0.1) is 5.41 Å². The van der Waals surface area contributed by atoms with Gasteiger partial charge in [-0.05, 0) is 37.6 Å². The van der Waals surface area contributed by atoms with E-state index in [4.69, 9.17) is 0 Å². The van der Waals surface area contributed by atoms with Gasteiger partial charge < -0.3 is 5.32 Å². The fourth-order valence-corrected chi connectivity index (χ4v) is 2.38. The van der Waals surface area contributed by atoms with Crippen molar-refractivity contribution in [1.82, 2.24) is 10.2 Å². The zero-order valence-electron chi connectivity index (χ0n) is 10.6. The number of nitrogens with one attached hydrogen (secondary N) is 1. The molecule has 1 atom stereocenters. The lowest BCUT2D eigenvalue weighted by Gasteiger charge is -2.20. The van der Waals surface area contributed by atoms with Gasteiger partial charge in [0.15, 0.2) is 0 Å². The smallest absolute Gasteiger partial charge is 0.0207 e. The predicted molar refractivity (Wildman–Crippen MR) is 65.1 cm³/mol. The third kappa shape index (κ3) is 3.76. The number of nitrogens with zero attached hydrogens (tertiary/aromatic N) is 1. The summed E-state index contributed by atoms with van der Waals surface area (Å²) in [4.78, 5) is 2.68. The van der Waals surface area contributed by atoms with Crippen LogP contribution in [0.1, 0.15) is 46.5 Å². The molecule has 1 unspecified atom stereocenters. The highest BCUT2D eigenvalue weighted by Gasteiger charge is 2.34. The molecular formula is C13H26N2. The topological polar surface area (TPSA) is 15.3 Å². The summed E-state index contributed by atoms with van der Waals surface area (Å²) in [6.45, 7) is 10.8. The highest BCUT2D eigenvalue weighted by molar-refractivity contribution is 4.91. The van der Waals surface area contributed by atoms with E-state index >= 15 is 0 Å². The lowest BCUT2D eigenvalue weighted by atomic mass is 9.92. The van der Waals surface area contributed by atoms with Crippen LogP contribution in [0.5, 0.6) is 0 Å². The van der Waals surface area contributed by atoms with Crippen LogP contribution in [0.15, 0.2) is 0 Å². The number of rotatable bonds is 4. The summed E-state index contributed by atoms with van der Waals surface area (Å²) in [7, 11) is 0. The summed E-state index contributed by atoms with van der Waals surface area (Å²) in [5, 5.41) is 3.71. The molecule has 1 saturated heterocycles. The standard InChI is InChI=1S/C13H26N2/c1-13(2,3)7-8-14-11-6-9-15(10-11)12-4-5-12/h11-12,14H,4-10H2,1-3H3. The Balaban J connectivity index is 1.60. The molecule has 0 bridgehead atoms. The van der Waals surface area contributed by atoms with Gasteiger partial charge in [-0.15, -0.1) is 0 Å². The molecule has 2 rings (SSSR count). The van der Waals surface area contributed by atoms with E-state index in [1.807, 2.05) is 0 Å². The normalized spacial score (nSPS) is 28.6. The van der Waals surface area contributed by atoms with Gasteiger partial charge in [0, 0.05) is 25.2 Å². The van der Waals surface area contributed by atoms with E-state index in [-0.39, 0.29) is 0 Å². The molecule has 1 aliphatic carbocycles. The minimum atomic E-state index is 0.474. The number of likely N-dealkylation sites (tertiary alicyclic amines) is 1. The summed E-state index contributed by atoms with van der Waals surface area (Å²) in [6.07, 6.45) is 5.55. The summed E-state index contributed by atoms with van der Waals surface area (Å²) in [5.41, 5.74) is 0.474. The van der Waals surface area contributed by atoms with Gasteiger partial charge in [-0.1, -0.05) is 20.8 Å². The minimum Gasteiger partial charge on any atom is -0.313 e. The van der Waals surface area contributed by atoms with Gasteiger partial charge in [-0.25, -0.2) is 0 Å². The summed E-state index contributed by atoms with van der Waals surface area (Å²) >= 11 is 0. The molecule has 2 fully saturated rings. The highest BCUT2D eigenvalue weighted by atomic mass is 15.2. The highest BCUT2D eigenvalue weighted by Crippen LogP contribution is 2.29. The number of hydrogen-bond donors (Lipinski definition) is 1. The van der Waals surface area contributed by atoms with Gasteiger partial charge in [0.1, 0.15) is 0 Å². The molecule has 88 valence electrons. The van der Waals surface area contributed by atoms with Crippen molar-refractivity contribution < 1.29 is 0 Å². The van der Waals surface area contributed by atoms with Crippen molar-refractivity contribution in [3.8, 4) is 0 Å². The van der Waals surface area contributed by atoms with Crippen LogP contribution in [0.2, 0.25) is 0 Å². The minimum absolute atomic E-state index is 0.474. The van der Waals surface area contributed by atoms with Crippen molar-refractivity contribution in [3.63, 3.8) is 0 Å². The van der Waals surface area contributed by atoms with Gasteiger partial charge >= 0.3 is 0 Å². The molecule has 1 saturated carbocycles. The summed E-state index contributed by atoms with van der Waals surface area (Å²) in [5.74, 6) is 0. The second kappa shape index (κ2) is 4.42. The first-order valence-electron chi connectivity index (χ1n) is 6.52. The monoisotopic (exact) mass is 210 g/mol. The largest absolute Gasteiger partial charge is 0.313 e. The second-order valence-corrected chi connectivity index (χ2v) is 6.48. The van der Waals surface area contributed by atoms with Crippen LogP contribution in [0.3, 0.4) is 0 Å². The molecule has 0 aromatic rings. The average Bonchev–Trinajstić information content (AvgIpc) is 2.86. The molecule has 0 aromatic heterocycles. The molecule has 2 nitrogen and oxygen atoms in total. The molecule has 0 amide bonds. The Morgan fingerprint density at radius 3 is 2.53 bits per heavy atom. The van der Waals surface area contributed by atoms with Gasteiger partial charge in [0.05, 0.1) is 0 Å². The van der Waals surface area contributed by atoms with Crippen LogP contribution < -0.4 is 5.32 Å². The van der Waals surface area contributed by atoms with Crippen molar-refractivity contribution in [3.05, 3.63) is 0 Å². The van der Waals surface area contributed by atoms with Crippen LogP contribution in [0.25, 0.3) is 0 Å². The van der Waals surface area contributed by atoms with Crippen LogP contribution in [0.4, 0.5) is 0 Å². The first-order valence-corrected chi connectivity index (χ1v) is 6.52. The maximum Gasteiger partial charge on any atom is 0.0207 e. The van der Waals surface area contributed by atoms with Gasteiger partial charge in [0.25, 0.3) is 0 Å². The maximum atomic E-state index is 3.71. The van der Waals surface area contributed by atoms with E-state index in [2.05, 4.69) is 31.0 Å². The van der Waals surface area contributed by atoms with Crippen LogP contribution in [-0.2, 0) is 0 Å². The van der Waals surface area contributed by atoms with Crippen molar-refractivity contribution in [2.24, 2.45) is 5.41 Å². The van der Waals surface area contributed by atoms with Crippen LogP contribution in [-0.4, -0.2) is 36.6 Å². The molecular weight excluding hydrogens is 184 g/mol. The Morgan fingerprint density at radius 1 is 1.20 bits per heavy atom. The fraction of sp³-hybridized carbons (Fsp3) is 1.00. The lowest BCUT2D eigenvalue weighted by Crippen LogP contribution is -2.35. The summed E-state index contributed by atoms with van der Waals surface area (Å²) in [6, 6.07) is 1.73. The van der Waals surface area contributed by atoms with E-state index in [9.17, 15) is 0 Å². The molecule has 2 aliphatic rings. The van der Waals surface area contributed by atoms with Gasteiger partial charge in [-0.3, -0.25) is 4.90 Å². The Bertz CT molecular complexity index is 203. The zero-order valence-corrected chi connectivity index (χ0v) is 10.6. The fourth-order valence-electron chi connectivity index (χ4n) is 2.38. The van der Waals surface area contributed by atoms with Gasteiger partial charge in [-0.2, -0.15) is 0 Å². The maximum absolute atomic E-state index is 3.71. The number of hydrogen-bond acceptors (Lipinski definition) is 2. The quantitative estimate of drug-likeness (QED) is 0.765. The van der Waals surface area contributed by atoms with E-state index in [1.54, 1.807) is 0 Å². The lowest BCUT2D eigenvalue weighted by molar-refractivity contribution is 0.310. The molecule has 0 spiro atoms. The first-order chi connectivity index (χ1) is 7.04. The molecule has 1 heterocycles. The van der Waals surface area contributed by atoms with E-state index in [1.165, 1.54) is 45.3 Å². The SMILES string of the molecule is CC(C)(C)CCNC1CCN(C2CC2)C1. The second-order valence-electron chi connectivity index (χ2n) is 6.48. The van der Waals surface area contributed by atoms with E-state index in [0.717, 1.165) is 12.1 Å². The van der Waals surface area contributed by atoms with Crippen molar-refractivity contribution in [2.75, 3.05) is 19.6 Å². The Labute approximate surface area is 94.4 Å². The molecule has 0 aromatic carbocycles. The third-order valence-corrected chi connectivity index (χ3v) is 3.59. The van der Waals surface area contributed by atoms with Crippen molar-refractivity contribution in [1.29, 1.82) is 0 Å². The Kier molecular flexibility index (Phi) is 3.36. The van der Waals surface area contributed by atoms with Crippen molar-refractivity contribution in [2.45, 2.75) is 58.5 Å². The average molecular weight is 210 g/mol. The van der Waals surface area contributed by atoms with Gasteiger partial charge in [0.2, 0.25) is 0 Å². The van der Waals surface area contributed by atoms with Crippen LogP contribution >= 0.6 is 0 Å². The Morgan fingerprint density at radius 2 is 1.93 bits per heavy atom. The third-order valence-electron chi connectivity index (χ3n) is 3.59. The summed E-state index contributed by atoms with van der Waals surface area (Å²) < 4.78 is 0. The predicted octanol–water partition coefficient (Wildman–Crippen LogP) is 2.25. The molecule has 1 aliphatic heterocycles. The molecule has 2 heteroatoms. The van der Waals surface area contributed by atoms with E-state index in [0.29, 0.717) is 5.41 Å². The van der Waals surface area contributed by atoms with E-state index < -0.39 is 0 Å². The molecule has 1 N–H and O–H groups in total. The molecule has 15 heavy (non-hydrogen) atoms. The Hall–Kier alpha value is -0.0800. The zero-order chi connectivity index (χ0) is 10.9. The van der Waals surface area contributed by atoms with Crippen molar-refractivity contribution >= 4 is 0 Å².